The van der Waals surface area contributed by atoms with Crippen LogP contribution in [0, 0.1) is 0 Å². The van der Waals surface area contributed by atoms with E-state index in [0.717, 1.165) is 11.3 Å². The lowest BCUT2D eigenvalue weighted by atomic mass is 10.1. The van der Waals surface area contributed by atoms with Gasteiger partial charge in [0.2, 0.25) is 0 Å². The topological polar surface area (TPSA) is 88.5 Å². The fraction of sp³-hybridized carbons (Fsp3) is 0.462. The van der Waals surface area contributed by atoms with E-state index in [9.17, 15) is 9.59 Å². The van der Waals surface area contributed by atoms with Gasteiger partial charge in [-0.15, -0.1) is 11.3 Å². The number of aliphatic carboxylic acids is 1. The summed E-state index contributed by atoms with van der Waals surface area (Å²) in [6.07, 6.45) is 2.57. The molecule has 0 aliphatic heterocycles. The minimum Gasteiger partial charge on any atom is -0.481 e. The molecular weight excluding hydrogens is 280 g/mol. The Morgan fingerprint density at radius 2 is 2.15 bits per heavy atom. The van der Waals surface area contributed by atoms with Gasteiger partial charge in [-0.2, -0.15) is 0 Å². The summed E-state index contributed by atoms with van der Waals surface area (Å²) < 4.78 is 5.09. The zero-order valence-corrected chi connectivity index (χ0v) is 12.7. The van der Waals surface area contributed by atoms with Crippen LogP contribution in [-0.2, 0) is 9.53 Å². The average Bonchev–Trinajstić information content (AvgIpc) is 2.70. The van der Waals surface area contributed by atoms with Gasteiger partial charge in [0.1, 0.15) is 11.5 Å². The molecule has 0 bridgehead atoms. The highest BCUT2D eigenvalue weighted by atomic mass is 32.1. The standard InChI is InChI=1S/C13H18N2O4S/c1-5-6-8(10(16)17)9-7-20-11(14-9)15-12(18)19-13(2,3)4/h5-8H,1-4H3,(H,16,17)(H,14,15,18)/b6-5+. The summed E-state index contributed by atoms with van der Waals surface area (Å²) >= 11 is 1.16. The van der Waals surface area contributed by atoms with Gasteiger partial charge in [-0.05, 0) is 27.7 Å². The molecule has 0 fully saturated rings. The Bertz CT molecular complexity index is 517. The van der Waals surface area contributed by atoms with Gasteiger partial charge in [0.15, 0.2) is 5.13 Å². The first-order valence-corrected chi connectivity index (χ1v) is 6.92. The number of rotatable bonds is 4. The van der Waals surface area contributed by atoms with Crippen molar-refractivity contribution in [1.82, 2.24) is 4.98 Å². The molecule has 0 aliphatic rings. The minimum atomic E-state index is -0.989. The number of hydrogen-bond acceptors (Lipinski definition) is 5. The van der Waals surface area contributed by atoms with E-state index in [2.05, 4.69) is 10.3 Å². The highest BCUT2D eigenvalue weighted by Crippen LogP contribution is 2.24. The van der Waals surface area contributed by atoms with Crippen LogP contribution >= 0.6 is 11.3 Å². The maximum Gasteiger partial charge on any atom is 0.413 e. The van der Waals surface area contributed by atoms with Crippen molar-refractivity contribution in [3.63, 3.8) is 0 Å². The van der Waals surface area contributed by atoms with Gasteiger partial charge in [-0.1, -0.05) is 12.2 Å². The smallest absolute Gasteiger partial charge is 0.413 e. The second-order valence-corrected chi connectivity index (χ2v) is 5.90. The molecule has 1 aromatic rings. The van der Waals surface area contributed by atoms with Crippen LogP contribution in [0.15, 0.2) is 17.5 Å². The summed E-state index contributed by atoms with van der Waals surface area (Å²) in [4.78, 5) is 26.8. The van der Waals surface area contributed by atoms with Crippen molar-refractivity contribution in [3.8, 4) is 0 Å². The number of hydrogen-bond donors (Lipinski definition) is 2. The number of anilines is 1. The van der Waals surface area contributed by atoms with E-state index in [4.69, 9.17) is 9.84 Å². The number of aromatic nitrogens is 1. The number of ether oxygens (including phenoxy) is 1. The highest BCUT2D eigenvalue weighted by Gasteiger charge is 2.21. The summed E-state index contributed by atoms with van der Waals surface area (Å²) in [6, 6.07) is 0. The number of carboxylic acids is 1. The van der Waals surface area contributed by atoms with E-state index in [1.807, 2.05) is 0 Å². The first kappa shape index (κ1) is 16.2. The molecule has 1 aromatic heterocycles. The van der Waals surface area contributed by atoms with Crippen LogP contribution in [0.25, 0.3) is 0 Å². The lowest BCUT2D eigenvalue weighted by Gasteiger charge is -2.18. The number of carbonyl (C=O) groups excluding carboxylic acids is 1. The van der Waals surface area contributed by atoms with Gasteiger partial charge in [-0.25, -0.2) is 9.78 Å². The van der Waals surface area contributed by atoms with Crippen molar-refractivity contribution < 1.29 is 19.4 Å². The maximum atomic E-state index is 11.6. The van der Waals surface area contributed by atoms with Crippen molar-refractivity contribution in [1.29, 1.82) is 0 Å². The molecular formula is C13H18N2O4S. The molecule has 110 valence electrons. The molecule has 0 aliphatic carbocycles. The van der Waals surface area contributed by atoms with Gasteiger partial charge in [0, 0.05) is 5.38 Å². The third kappa shape index (κ3) is 5.00. The number of amides is 1. The Balaban J connectivity index is 2.77. The largest absolute Gasteiger partial charge is 0.481 e. The minimum absolute atomic E-state index is 0.310. The van der Waals surface area contributed by atoms with E-state index in [1.165, 1.54) is 6.08 Å². The lowest BCUT2D eigenvalue weighted by molar-refractivity contribution is -0.137. The normalized spacial score (nSPS) is 13.2. The third-order valence-corrected chi connectivity index (χ3v) is 2.88. The number of nitrogens with one attached hydrogen (secondary N) is 1. The first-order valence-electron chi connectivity index (χ1n) is 6.04. The molecule has 7 heteroatoms. The molecule has 6 nitrogen and oxygen atoms in total. The van der Waals surface area contributed by atoms with Crippen molar-refractivity contribution in [2.45, 2.75) is 39.2 Å². The van der Waals surface area contributed by atoms with E-state index in [-0.39, 0.29) is 0 Å². The molecule has 0 saturated carbocycles. The van der Waals surface area contributed by atoms with Crippen LogP contribution < -0.4 is 5.32 Å². The lowest BCUT2D eigenvalue weighted by Crippen LogP contribution is -2.27. The molecule has 0 saturated heterocycles. The average molecular weight is 298 g/mol. The van der Waals surface area contributed by atoms with Crippen molar-refractivity contribution in [2.75, 3.05) is 5.32 Å². The monoisotopic (exact) mass is 298 g/mol. The van der Waals surface area contributed by atoms with Gasteiger partial charge in [0.05, 0.1) is 5.69 Å². The van der Waals surface area contributed by atoms with Crippen LogP contribution in [0.5, 0.6) is 0 Å². The fourth-order valence-corrected chi connectivity index (χ4v) is 2.11. The van der Waals surface area contributed by atoms with Crippen LogP contribution in [-0.4, -0.2) is 27.8 Å². The number of allylic oxidation sites excluding steroid dienone is 1. The Hall–Kier alpha value is -1.89. The highest BCUT2D eigenvalue weighted by molar-refractivity contribution is 7.13. The van der Waals surface area contributed by atoms with Crippen molar-refractivity contribution >= 4 is 28.5 Å². The number of carbonyl (C=O) groups is 2. The first-order chi connectivity index (χ1) is 9.23. The Morgan fingerprint density at radius 1 is 1.50 bits per heavy atom. The van der Waals surface area contributed by atoms with Crippen LogP contribution in [0.1, 0.15) is 39.3 Å². The summed E-state index contributed by atoms with van der Waals surface area (Å²) in [5.74, 6) is -1.80. The van der Waals surface area contributed by atoms with Crippen LogP contribution in [0.4, 0.5) is 9.93 Å². The quantitative estimate of drug-likeness (QED) is 0.833. The second-order valence-electron chi connectivity index (χ2n) is 5.05. The summed E-state index contributed by atoms with van der Waals surface area (Å²) in [5, 5.41) is 13.5. The Morgan fingerprint density at radius 3 is 2.65 bits per heavy atom. The van der Waals surface area contributed by atoms with Crippen LogP contribution in [0.2, 0.25) is 0 Å². The molecule has 1 heterocycles. The summed E-state index contributed by atoms with van der Waals surface area (Å²) in [5.41, 5.74) is -0.217. The predicted molar refractivity (Wildman–Crippen MR) is 77.2 cm³/mol. The molecule has 1 unspecified atom stereocenters. The summed E-state index contributed by atoms with van der Waals surface area (Å²) in [7, 11) is 0. The maximum absolute atomic E-state index is 11.6. The Kier molecular flexibility index (Phi) is 5.26. The SMILES string of the molecule is C/C=C/C(C(=O)O)c1csc(NC(=O)OC(C)(C)C)n1. The van der Waals surface area contributed by atoms with E-state index >= 15 is 0 Å². The zero-order valence-electron chi connectivity index (χ0n) is 11.8. The van der Waals surface area contributed by atoms with Gasteiger partial charge >= 0.3 is 12.1 Å². The fourth-order valence-electron chi connectivity index (χ4n) is 1.38. The molecule has 20 heavy (non-hydrogen) atoms. The van der Waals surface area contributed by atoms with Gasteiger partial charge in [0.25, 0.3) is 0 Å². The summed E-state index contributed by atoms with van der Waals surface area (Å²) in [6.45, 7) is 7.01. The molecule has 1 amide bonds. The van der Waals surface area contributed by atoms with Crippen molar-refractivity contribution in [3.05, 3.63) is 23.2 Å². The number of thiazole rings is 1. The van der Waals surface area contributed by atoms with Crippen molar-refractivity contribution in [2.24, 2.45) is 0 Å². The van der Waals surface area contributed by atoms with E-state index in [1.54, 1.807) is 39.2 Å². The third-order valence-electron chi connectivity index (χ3n) is 2.10. The number of carboxylic acid groups (broad SMARTS) is 1. The number of nitrogens with zero attached hydrogens (tertiary/aromatic N) is 1. The van der Waals surface area contributed by atoms with Crippen LogP contribution in [0.3, 0.4) is 0 Å². The Labute approximate surface area is 121 Å². The molecule has 0 aromatic carbocycles. The molecule has 0 radical (unpaired) electrons. The van der Waals surface area contributed by atoms with E-state index in [0.29, 0.717) is 10.8 Å². The second kappa shape index (κ2) is 6.51. The van der Waals surface area contributed by atoms with Gasteiger partial charge < -0.3 is 9.84 Å². The molecule has 1 atom stereocenters. The predicted octanol–water partition coefficient (Wildman–Crippen LogP) is 3.23. The van der Waals surface area contributed by atoms with Gasteiger partial charge in [-0.3, -0.25) is 10.1 Å². The molecule has 1 rings (SSSR count). The molecule has 0 spiro atoms. The molecule has 2 N–H and O–H groups in total. The zero-order chi connectivity index (χ0) is 15.3. The van der Waals surface area contributed by atoms with E-state index < -0.39 is 23.6 Å².